The molecule has 0 spiro atoms. The molecule has 134 valence electrons. The van der Waals surface area contributed by atoms with E-state index in [1.807, 2.05) is 32.0 Å². The molecule has 0 saturated carbocycles. The average Bonchev–Trinajstić information content (AvgIpc) is 2.63. The van der Waals surface area contributed by atoms with Crippen LogP contribution in [0.25, 0.3) is 11.4 Å². The number of nitrogens with one attached hydrogen (secondary N) is 2. The van der Waals surface area contributed by atoms with Crippen molar-refractivity contribution in [1.82, 2.24) is 15.0 Å². The number of halogens is 1. The number of hydrogen-bond donors (Lipinski definition) is 2. The lowest BCUT2D eigenvalue weighted by Crippen LogP contribution is -2.19. The molecular formula is C20H21FN4O. The van der Waals surface area contributed by atoms with Gasteiger partial charge in [-0.05, 0) is 43.5 Å². The zero-order chi connectivity index (χ0) is 18.5. The van der Waals surface area contributed by atoms with Crippen LogP contribution >= 0.6 is 0 Å². The molecule has 0 fully saturated rings. The van der Waals surface area contributed by atoms with Crippen LogP contribution in [0.2, 0.25) is 0 Å². The van der Waals surface area contributed by atoms with Gasteiger partial charge < -0.3 is 10.3 Å². The number of benzene rings is 1. The third-order valence-corrected chi connectivity index (χ3v) is 4.07. The third kappa shape index (κ3) is 4.33. The van der Waals surface area contributed by atoms with Gasteiger partial charge in [0.1, 0.15) is 17.5 Å². The van der Waals surface area contributed by atoms with Crippen molar-refractivity contribution in [3.8, 4) is 11.4 Å². The van der Waals surface area contributed by atoms with Crippen LogP contribution in [-0.4, -0.2) is 21.0 Å². The van der Waals surface area contributed by atoms with Crippen LogP contribution in [0.3, 0.4) is 0 Å². The largest absolute Gasteiger partial charge is 0.367 e. The molecule has 2 N–H and O–H groups in total. The second-order valence-corrected chi connectivity index (χ2v) is 6.21. The predicted molar refractivity (Wildman–Crippen MR) is 101 cm³/mol. The maximum atomic E-state index is 13.7. The van der Waals surface area contributed by atoms with Crippen LogP contribution in [0.4, 0.5) is 10.2 Å². The van der Waals surface area contributed by atoms with Gasteiger partial charge in [-0.25, -0.2) is 14.4 Å². The van der Waals surface area contributed by atoms with Crippen molar-refractivity contribution >= 4 is 5.82 Å². The van der Waals surface area contributed by atoms with E-state index in [2.05, 4.69) is 20.3 Å². The zero-order valence-corrected chi connectivity index (χ0v) is 14.8. The Morgan fingerprint density at radius 2 is 2.04 bits per heavy atom. The molecule has 3 rings (SSSR count). The second kappa shape index (κ2) is 7.91. The summed E-state index contributed by atoms with van der Waals surface area (Å²) in [6, 6.07) is 12.0. The second-order valence-electron chi connectivity index (χ2n) is 6.21. The molecule has 0 aliphatic carbocycles. The first-order chi connectivity index (χ1) is 12.5. The van der Waals surface area contributed by atoms with Gasteiger partial charge in [-0.1, -0.05) is 25.1 Å². The number of pyridine rings is 1. The van der Waals surface area contributed by atoms with Crippen molar-refractivity contribution in [3.63, 3.8) is 0 Å². The molecule has 1 aromatic carbocycles. The molecule has 0 amide bonds. The van der Waals surface area contributed by atoms with Gasteiger partial charge in [0.05, 0.1) is 0 Å². The Bertz CT molecular complexity index is 937. The average molecular weight is 352 g/mol. The van der Waals surface area contributed by atoms with Crippen molar-refractivity contribution in [2.75, 3.05) is 5.32 Å². The molecule has 2 heterocycles. The van der Waals surface area contributed by atoms with Crippen LogP contribution in [0.1, 0.15) is 25.1 Å². The zero-order valence-electron chi connectivity index (χ0n) is 14.8. The molecule has 26 heavy (non-hydrogen) atoms. The van der Waals surface area contributed by atoms with Crippen LogP contribution in [0.15, 0.2) is 53.5 Å². The molecule has 0 unspecified atom stereocenters. The number of rotatable bonds is 6. The first-order valence-corrected chi connectivity index (χ1v) is 8.61. The highest BCUT2D eigenvalue weighted by atomic mass is 19.1. The minimum atomic E-state index is -0.199. The Kier molecular flexibility index (Phi) is 5.41. The van der Waals surface area contributed by atoms with Gasteiger partial charge in [-0.2, -0.15) is 0 Å². The summed E-state index contributed by atoms with van der Waals surface area (Å²) in [5.41, 5.74) is 1.98. The quantitative estimate of drug-likeness (QED) is 0.711. The number of hydrogen-bond acceptors (Lipinski definition) is 4. The maximum Gasteiger partial charge on any atom is 0.251 e. The van der Waals surface area contributed by atoms with Crippen molar-refractivity contribution in [2.24, 2.45) is 0 Å². The molecule has 5 nitrogen and oxygen atoms in total. The predicted octanol–water partition coefficient (Wildman–Crippen LogP) is 3.58. The summed E-state index contributed by atoms with van der Waals surface area (Å²) >= 11 is 0. The fourth-order valence-electron chi connectivity index (χ4n) is 2.74. The molecule has 2 aromatic heterocycles. The fourth-order valence-corrected chi connectivity index (χ4v) is 2.74. The number of anilines is 1. The van der Waals surface area contributed by atoms with Crippen LogP contribution in [0.5, 0.6) is 0 Å². The van der Waals surface area contributed by atoms with E-state index < -0.39 is 0 Å². The summed E-state index contributed by atoms with van der Waals surface area (Å²) in [5.74, 6) is 0.995. The first-order valence-electron chi connectivity index (χ1n) is 8.61. The normalized spacial score (nSPS) is 12.0. The number of nitrogens with zero attached hydrogens (tertiary/aromatic N) is 2. The van der Waals surface area contributed by atoms with E-state index in [-0.39, 0.29) is 17.4 Å². The summed E-state index contributed by atoms with van der Waals surface area (Å²) < 4.78 is 13.7. The number of aromatic amines is 1. The molecule has 0 saturated heterocycles. The molecule has 0 radical (unpaired) electrons. The maximum absolute atomic E-state index is 13.7. The van der Waals surface area contributed by atoms with Crippen molar-refractivity contribution in [2.45, 2.75) is 32.7 Å². The van der Waals surface area contributed by atoms with Gasteiger partial charge in [0, 0.05) is 29.6 Å². The van der Waals surface area contributed by atoms with Gasteiger partial charge in [-0.15, -0.1) is 0 Å². The fraction of sp³-hybridized carbons (Fsp3) is 0.250. The molecule has 0 aliphatic rings. The Morgan fingerprint density at radius 3 is 2.73 bits per heavy atom. The van der Waals surface area contributed by atoms with Gasteiger partial charge in [0.2, 0.25) is 0 Å². The van der Waals surface area contributed by atoms with Crippen LogP contribution in [-0.2, 0) is 12.8 Å². The minimum absolute atomic E-state index is 0.0200. The lowest BCUT2D eigenvalue weighted by Gasteiger charge is -2.15. The highest BCUT2D eigenvalue weighted by Crippen LogP contribution is 2.16. The summed E-state index contributed by atoms with van der Waals surface area (Å²) in [7, 11) is 0. The SMILES string of the molecule is CCc1cc(=O)[nH]c(-c2ccc(N[C@H](C)Cc3ccccc3F)nc2)n1. The number of aryl methyl sites for hydroxylation is 1. The summed E-state index contributed by atoms with van der Waals surface area (Å²) in [4.78, 5) is 23.2. The van der Waals surface area contributed by atoms with Gasteiger partial charge in [-0.3, -0.25) is 4.79 Å². The highest BCUT2D eigenvalue weighted by Gasteiger charge is 2.09. The Hall–Kier alpha value is -3.02. The first kappa shape index (κ1) is 17.8. The van der Waals surface area contributed by atoms with Gasteiger partial charge >= 0.3 is 0 Å². The highest BCUT2D eigenvalue weighted by molar-refractivity contribution is 5.56. The lowest BCUT2D eigenvalue weighted by molar-refractivity contribution is 0.601. The number of H-pyrrole nitrogens is 1. The Morgan fingerprint density at radius 1 is 1.23 bits per heavy atom. The van der Waals surface area contributed by atoms with Crippen LogP contribution < -0.4 is 10.9 Å². The molecule has 0 aliphatic heterocycles. The monoisotopic (exact) mass is 352 g/mol. The van der Waals surface area contributed by atoms with E-state index in [0.717, 1.165) is 11.3 Å². The smallest absolute Gasteiger partial charge is 0.251 e. The molecule has 6 heteroatoms. The third-order valence-electron chi connectivity index (χ3n) is 4.07. The molecule has 1 atom stereocenters. The minimum Gasteiger partial charge on any atom is -0.367 e. The lowest BCUT2D eigenvalue weighted by atomic mass is 10.1. The van der Waals surface area contributed by atoms with Crippen molar-refractivity contribution < 1.29 is 4.39 Å². The standard InChI is InChI=1S/C20H21FN4O/c1-3-16-11-19(26)25-20(24-16)15-8-9-18(22-12-15)23-13(2)10-14-6-4-5-7-17(14)21/h4-9,11-13H,3,10H2,1-2H3,(H,22,23)(H,24,25,26)/t13-/m1/s1. The molecule has 0 bridgehead atoms. The molecular weight excluding hydrogens is 331 g/mol. The summed E-state index contributed by atoms with van der Waals surface area (Å²) in [5, 5.41) is 3.26. The summed E-state index contributed by atoms with van der Waals surface area (Å²) in [6.45, 7) is 3.93. The summed E-state index contributed by atoms with van der Waals surface area (Å²) in [6.07, 6.45) is 2.91. The Labute approximate surface area is 151 Å². The van der Waals surface area contributed by atoms with E-state index in [1.54, 1.807) is 18.3 Å². The van der Waals surface area contributed by atoms with Crippen molar-refractivity contribution in [3.05, 3.63) is 76.1 Å². The van der Waals surface area contributed by atoms with Crippen LogP contribution in [0, 0.1) is 5.82 Å². The van der Waals surface area contributed by atoms with E-state index in [0.29, 0.717) is 30.0 Å². The van der Waals surface area contributed by atoms with Gasteiger partial charge in [0.15, 0.2) is 0 Å². The van der Waals surface area contributed by atoms with E-state index in [9.17, 15) is 9.18 Å². The van der Waals surface area contributed by atoms with E-state index >= 15 is 0 Å². The Balaban J connectivity index is 1.71. The van der Waals surface area contributed by atoms with Gasteiger partial charge in [0.25, 0.3) is 5.56 Å². The topological polar surface area (TPSA) is 70.7 Å². The molecule has 3 aromatic rings. The van der Waals surface area contributed by atoms with E-state index in [1.165, 1.54) is 12.1 Å². The number of aromatic nitrogens is 3. The van der Waals surface area contributed by atoms with Crippen molar-refractivity contribution in [1.29, 1.82) is 0 Å². The van der Waals surface area contributed by atoms with E-state index in [4.69, 9.17) is 0 Å².